The third kappa shape index (κ3) is 2.33. The molecule has 0 amide bonds. The van der Waals surface area contributed by atoms with Crippen molar-refractivity contribution in [2.45, 2.75) is 25.5 Å². The molecule has 3 atom stereocenters. The molecule has 0 spiro atoms. The maximum absolute atomic E-state index is 12.1. The number of nitrogens with one attached hydrogen (secondary N) is 1. The maximum Gasteiger partial charge on any atom is 0.328 e. The second-order valence-corrected chi connectivity index (χ2v) is 5.15. The van der Waals surface area contributed by atoms with E-state index in [1.807, 2.05) is 0 Å². The van der Waals surface area contributed by atoms with Crippen LogP contribution in [0.4, 0.5) is 11.4 Å². The molecule has 1 aromatic rings. The fourth-order valence-corrected chi connectivity index (χ4v) is 3.04. The van der Waals surface area contributed by atoms with Crippen molar-refractivity contribution in [3.63, 3.8) is 0 Å². The van der Waals surface area contributed by atoms with E-state index in [-0.39, 0.29) is 23.7 Å². The Balaban J connectivity index is 1.97. The van der Waals surface area contributed by atoms with E-state index < -0.39 is 11.0 Å². The van der Waals surface area contributed by atoms with E-state index in [4.69, 9.17) is 9.47 Å². The van der Waals surface area contributed by atoms with Gasteiger partial charge in [-0.1, -0.05) is 0 Å². The second-order valence-electron chi connectivity index (χ2n) is 5.15. The van der Waals surface area contributed by atoms with Gasteiger partial charge < -0.3 is 14.8 Å². The number of carbonyl (C=O) groups excluding carboxylic acids is 1. The summed E-state index contributed by atoms with van der Waals surface area (Å²) in [6, 6.07) is 4.10. The minimum atomic E-state index is -0.466. The van der Waals surface area contributed by atoms with Crippen LogP contribution in [0.15, 0.2) is 18.2 Å². The number of carbonyl (C=O) groups is 1. The van der Waals surface area contributed by atoms with Crippen molar-refractivity contribution in [3.8, 4) is 0 Å². The smallest absolute Gasteiger partial charge is 0.328 e. The Bertz CT molecular complexity index is 589. The van der Waals surface area contributed by atoms with Gasteiger partial charge in [0, 0.05) is 35.9 Å². The SMILES string of the molecule is CCOC(=O)[C@@H]1Nc2ccc([N+](=O)[O-])cc2C2OCC[C@H]21. The van der Waals surface area contributed by atoms with Crippen molar-refractivity contribution in [1.29, 1.82) is 0 Å². The van der Waals surface area contributed by atoms with E-state index in [0.717, 1.165) is 12.0 Å². The average Bonchev–Trinajstić information content (AvgIpc) is 2.95. The number of hydrogen-bond acceptors (Lipinski definition) is 6. The summed E-state index contributed by atoms with van der Waals surface area (Å²) in [6.07, 6.45) is 0.430. The third-order valence-corrected chi connectivity index (χ3v) is 3.97. The number of esters is 1. The van der Waals surface area contributed by atoms with Crippen molar-refractivity contribution < 1.29 is 19.2 Å². The molecular formula is C14H16N2O5. The summed E-state index contributed by atoms with van der Waals surface area (Å²) in [7, 11) is 0. The van der Waals surface area contributed by atoms with Crippen LogP contribution in [0.2, 0.25) is 0 Å². The van der Waals surface area contributed by atoms with Crippen LogP contribution in [0, 0.1) is 16.0 Å². The minimum absolute atomic E-state index is 0.0272. The molecule has 0 saturated carbocycles. The number of nitro benzene ring substituents is 1. The molecule has 1 unspecified atom stereocenters. The summed E-state index contributed by atoms with van der Waals surface area (Å²) in [4.78, 5) is 22.6. The number of anilines is 1. The van der Waals surface area contributed by atoms with Gasteiger partial charge in [0.2, 0.25) is 0 Å². The number of fused-ring (bicyclic) bond motifs is 3. The van der Waals surface area contributed by atoms with Gasteiger partial charge in [-0.15, -0.1) is 0 Å². The Kier molecular flexibility index (Phi) is 3.50. The van der Waals surface area contributed by atoms with Gasteiger partial charge >= 0.3 is 5.97 Å². The van der Waals surface area contributed by atoms with Crippen LogP contribution in [0.25, 0.3) is 0 Å². The molecule has 1 fully saturated rings. The molecule has 7 heteroatoms. The molecule has 0 aliphatic carbocycles. The fourth-order valence-electron chi connectivity index (χ4n) is 3.04. The van der Waals surface area contributed by atoms with E-state index in [9.17, 15) is 14.9 Å². The summed E-state index contributed by atoms with van der Waals surface area (Å²) in [5.41, 5.74) is 1.47. The van der Waals surface area contributed by atoms with Gasteiger partial charge in [0.25, 0.3) is 5.69 Å². The van der Waals surface area contributed by atoms with Crippen LogP contribution >= 0.6 is 0 Å². The summed E-state index contributed by atoms with van der Waals surface area (Å²) in [5.74, 6) is -0.361. The van der Waals surface area contributed by atoms with Crippen molar-refractivity contribution in [1.82, 2.24) is 0 Å². The fraction of sp³-hybridized carbons (Fsp3) is 0.500. The summed E-state index contributed by atoms with van der Waals surface area (Å²) in [6.45, 7) is 2.62. The number of hydrogen-bond donors (Lipinski definition) is 1. The minimum Gasteiger partial charge on any atom is -0.464 e. The Morgan fingerprint density at radius 2 is 2.38 bits per heavy atom. The van der Waals surface area contributed by atoms with Gasteiger partial charge in [-0.3, -0.25) is 10.1 Å². The molecule has 2 aliphatic heterocycles. The standard InChI is InChI=1S/C14H16N2O5/c1-2-20-14(17)12-9-5-6-21-13(9)10-7-8(16(18)19)3-4-11(10)15-12/h3-4,7,9,12-13,15H,2,5-6H2,1H3/t9-,12+,13?/m0/s1. The zero-order valence-electron chi connectivity index (χ0n) is 11.6. The molecule has 2 aliphatic rings. The Labute approximate surface area is 121 Å². The lowest BCUT2D eigenvalue weighted by atomic mass is 9.84. The van der Waals surface area contributed by atoms with Gasteiger partial charge in [0.15, 0.2) is 0 Å². The first-order valence-corrected chi connectivity index (χ1v) is 6.95. The van der Waals surface area contributed by atoms with Gasteiger partial charge in [-0.25, -0.2) is 4.79 Å². The Hall–Kier alpha value is -2.15. The van der Waals surface area contributed by atoms with E-state index in [0.29, 0.717) is 18.9 Å². The number of nitro groups is 1. The van der Waals surface area contributed by atoms with Gasteiger partial charge in [0.05, 0.1) is 17.6 Å². The zero-order valence-corrected chi connectivity index (χ0v) is 11.6. The largest absolute Gasteiger partial charge is 0.464 e. The summed E-state index contributed by atoms with van der Waals surface area (Å²) >= 11 is 0. The Morgan fingerprint density at radius 3 is 3.10 bits per heavy atom. The highest BCUT2D eigenvalue weighted by Crippen LogP contribution is 2.45. The van der Waals surface area contributed by atoms with Crippen molar-refractivity contribution in [2.24, 2.45) is 5.92 Å². The average molecular weight is 292 g/mol. The van der Waals surface area contributed by atoms with Crippen LogP contribution in [0.3, 0.4) is 0 Å². The van der Waals surface area contributed by atoms with Gasteiger partial charge in [0.1, 0.15) is 6.04 Å². The molecule has 2 heterocycles. The van der Waals surface area contributed by atoms with Crippen LogP contribution < -0.4 is 5.32 Å². The first-order valence-electron chi connectivity index (χ1n) is 6.95. The van der Waals surface area contributed by atoms with Crippen molar-refractivity contribution >= 4 is 17.3 Å². The molecule has 1 N–H and O–H groups in total. The van der Waals surface area contributed by atoms with E-state index in [1.54, 1.807) is 13.0 Å². The Morgan fingerprint density at radius 1 is 1.57 bits per heavy atom. The molecule has 112 valence electrons. The van der Waals surface area contributed by atoms with Gasteiger partial charge in [-0.05, 0) is 19.4 Å². The van der Waals surface area contributed by atoms with Crippen LogP contribution in [0.5, 0.6) is 0 Å². The molecule has 1 saturated heterocycles. The highest BCUT2D eigenvalue weighted by atomic mass is 16.6. The maximum atomic E-state index is 12.1. The molecule has 0 bridgehead atoms. The highest BCUT2D eigenvalue weighted by molar-refractivity contribution is 5.82. The normalized spacial score (nSPS) is 26.4. The predicted molar refractivity (Wildman–Crippen MR) is 73.9 cm³/mol. The lowest BCUT2D eigenvalue weighted by molar-refractivity contribution is -0.385. The monoisotopic (exact) mass is 292 g/mol. The lowest BCUT2D eigenvalue weighted by Crippen LogP contribution is -2.43. The van der Waals surface area contributed by atoms with E-state index >= 15 is 0 Å². The number of nitrogens with zero attached hydrogens (tertiary/aromatic N) is 1. The molecule has 0 aromatic heterocycles. The molecular weight excluding hydrogens is 276 g/mol. The predicted octanol–water partition coefficient (Wildman–Crippen LogP) is 2.03. The topological polar surface area (TPSA) is 90.7 Å². The number of ether oxygens (including phenoxy) is 2. The third-order valence-electron chi connectivity index (χ3n) is 3.97. The number of benzene rings is 1. The molecule has 7 nitrogen and oxygen atoms in total. The first kappa shape index (κ1) is 13.8. The molecule has 1 aromatic carbocycles. The van der Waals surface area contributed by atoms with Crippen LogP contribution in [-0.4, -0.2) is 30.1 Å². The van der Waals surface area contributed by atoms with E-state index in [1.165, 1.54) is 12.1 Å². The van der Waals surface area contributed by atoms with Gasteiger partial charge in [-0.2, -0.15) is 0 Å². The zero-order chi connectivity index (χ0) is 15.0. The van der Waals surface area contributed by atoms with Crippen LogP contribution in [0.1, 0.15) is 25.0 Å². The number of rotatable bonds is 3. The highest BCUT2D eigenvalue weighted by Gasteiger charge is 2.45. The molecule has 21 heavy (non-hydrogen) atoms. The summed E-state index contributed by atoms with van der Waals surface area (Å²) in [5, 5.41) is 14.0. The van der Waals surface area contributed by atoms with Crippen LogP contribution in [-0.2, 0) is 14.3 Å². The lowest BCUT2D eigenvalue weighted by Gasteiger charge is -2.34. The summed E-state index contributed by atoms with van der Waals surface area (Å²) < 4.78 is 10.8. The first-order chi connectivity index (χ1) is 10.1. The molecule has 3 rings (SSSR count). The van der Waals surface area contributed by atoms with Crippen molar-refractivity contribution in [3.05, 3.63) is 33.9 Å². The van der Waals surface area contributed by atoms with E-state index in [2.05, 4.69) is 5.32 Å². The molecule has 0 radical (unpaired) electrons. The quantitative estimate of drug-likeness (QED) is 0.521. The number of non-ortho nitro benzene ring substituents is 1. The second kappa shape index (κ2) is 5.33. The van der Waals surface area contributed by atoms with Crippen molar-refractivity contribution in [2.75, 3.05) is 18.5 Å².